The molecule has 3 rings (SSSR count). The predicted octanol–water partition coefficient (Wildman–Crippen LogP) is 8.33. The van der Waals surface area contributed by atoms with Crippen molar-refractivity contribution in [2.24, 2.45) is 0 Å². The van der Waals surface area contributed by atoms with Crippen molar-refractivity contribution in [2.45, 2.75) is 96.8 Å². The number of benzene rings is 2. The standard InChI is InChI=1S/C27H43NO2Si2/c1-26(2,3)31(7,8)29-21-13-15-22(24(28)18-21)19-11-14-23-20(17-19)12-16-25(23)30-32(9,10)27(4,5)6/h11,13-15,17-18,25H,12,16,28H2,1-10H3. The molecule has 2 aromatic carbocycles. The van der Waals surface area contributed by atoms with E-state index in [-0.39, 0.29) is 16.2 Å². The summed E-state index contributed by atoms with van der Waals surface area (Å²) in [5, 5.41) is 0.377. The zero-order valence-electron chi connectivity index (χ0n) is 21.8. The molecule has 0 spiro atoms. The fraction of sp³-hybridized carbons (Fsp3) is 0.556. The molecule has 0 heterocycles. The molecule has 3 nitrogen and oxygen atoms in total. The van der Waals surface area contributed by atoms with Gasteiger partial charge in [-0.3, -0.25) is 0 Å². The summed E-state index contributed by atoms with van der Waals surface area (Å²) in [7, 11) is -3.68. The van der Waals surface area contributed by atoms with Gasteiger partial charge in [0.1, 0.15) is 5.75 Å². The van der Waals surface area contributed by atoms with Crippen LogP contribution in [0.5, 0.6) is 5.75 Å². The van der Waals surface area contributed by atoms with Crippen molar-refractivity contribution in [3.05, 3.63) is 47.5 Å². The molecule has 0 amide bonds. The first-order chi connectivity index (χ1) is 14.5. The highest BCUT2D eigenvalue weighted by Gasteiger charge is 2.41. The molecule has 0 fully saturated rings. The van der Waals surface area contributed by atoms with Crippen molar-refractivity contribution in [3.63, 3.8) is 0 Å². The maximum absolute atomic E-state index is 6.75. The van der Waals surface area contributed by atoms with Gasteiger partial charge in [-0.05, 0) is 77.9 Å². The SMILES string of the molecule is CC(C)(C)[Si](C)(C)Oc1ccc(-c2ccc3c(c2)CCC3O[Si](C)(C)C(C)(C)C)c(N)c1. The molecule has 1 unspecified atom stereocenters. The Labute approximate surface area is 198 Å². The van der Waals surface area contributed by atoms with Crippen molar-refractivity contribution in [3.8, 4) is 16.9 Å². The lowest BCUT2D eigenvalue weighted by molar-refractivity contribution is 0.185. The number of nitrogen functional groups attached to an aromatic ring is 1. The zero-order chi connectivity index (χ0) is 24.1. The Hall–Kier alpha value is -1.57. The Kier molecular flexibility index (Phi) is 6.53. The number of hydrogen-bond donors (Lipinski definition) is 1. The van der Waals surface area contributed by atoms with Gasteiger partial charge in [0.25, 0.3) is 0 Å². The molecule has 2 N–H and O–H groups in total. The lowest BCUT2D eigenvalue weighted by atomic mass is 9.99. The molecule has 0 aliphatic heterocycles. The third kappa shape index (κ3) is 5.00. The second-order valence-corrected chi connectivity index (χ2v) is 21.9. The monoisotopic (exact) mass is 469 g/mol. The zero-order valence-corrected chi connectivity index (χ0v) is 23.8. The Morgan fingerprint density at radius 1 is 0.844 bits per heavy atom. The van der Waals surface area contributed by atoms with Crippen LogP contribution in [0, 0.1) is 0 Å². The Bertz CT molecular complexity index is 984. The van der Waals surface area contributed by atoms with Crippen LogP contribution in [0.25, 0.3) is 11.1 Å². The number of fused-ring (bicyclic) bond motifs is 1. The summed E-state index contributed by atoms with van der Waals surface area (Å²) >= 11 is 0. The van der Waals surface area contributed by atoms with Crippen LogP contribution in [0.2, 0.25) is 36.3 Å². The second-order valence-electron chi connectivity index (χ2n) is 12.4. The van der Waals surface area contributed by atoms with Crippen LogP contribution in [-0.2, 0) is 10.8 Å². The number of hydrogen-bond acceptors (Lipinski definition) is 3. The van der Waals surface area contributed by atoms with Crippen LogP contribution in [0.3, 0.4) is 0 Å². The summed E-state index contributed by atoms with van der Waals surface area (Å²) in [5.41, 5.74) is 12.3. The summed E-state index contributed by atoms with van der Waals surface area (Å²) in [6, 6.07) is 12.9. The van der Waals surface area contributed by atoms with Crippen molar-refractivity contribution >= 4 is 22.3 Å². The molecule has 176 valence electrons. The normalized spacial score (nSPS) is 17.4. The maximum Gasteiger partial charge on any atom is 0.250 e. The fourth-order valence-corrected chi connectivity index (χ4v) is 6.05. The molecule has 32 heavy (non-hydrogen) atoms. The van der Waals surface area contributed by atoms with E-state index in [9.17, 15) is 0 Å². The topological polar surface area (TPSA) is 44.5 Å². The van der Waals surface area contributed by atoms with E-state index in [4.69, 9.17) is 14.6 Å². The van der Waals surface area contributed by atoms with Gasteiger partial charge in [-0.2, -0.15) is 0 Å². The van der Waals surface area contributed by atoms with Gasteiger partial charge in [0.05, 0.1) is 6.10 Å². The molecule has 0 bridgehead atoms. The van der Waals surface area contributed by atoms with E-state index in [0.717, 1.165) is 29.8 Å². The van der Waals surface area contributed by atoms with Gasteiger partial charge in [-0.25, -0.2) is 0 Å². The summed E-state index contributed by atoms with van der Waals surface area (Å²) < 4.78 is 13.2. The molecular weight excluding hydrogens is 426 g/mol. The number of nitrogens with two attached hydrogens (primary N) is 1. The van der Waals surface area contributed by atoms with Gasteiger partial charge >= 0.3 is 0 Å². The molecule has 1 atom stereocenters. The molecule has 5 heteroatoms. The van der Waals surface area contributed by atoms with Crippen LogP contribution in [0.1, 0.15) is 65.2 Å². The average Bonchev–Trinajstić information content (AvgIpc) is 3.01. The Balaban J connectivity index is 1.83. The van der Waals surface area contributed by atoms with Crippen LogP contribution in [0.15, 0.2) is 36.4 Å². The van der Waals surface area contributed by atoms with Gasteiger partial charge in [-0.1, -0.05) is 59.7 Å². The second kappa shape index (κ2) is 8.33. The predicted molar refractivity (Wildman–Crippen MR) is 143 cm³/mol. The minimum atomic E-state index is -1.89. The van der Waals surface area contributed by atoms with E-state index in [1.807, 2.05) is 6.07 Å². The van der Waals surface area contributed by atoms with E-state index in [1.54, 1.807) is 0 Å². The number of anilines is 1. The summed E-state index contributed by atoms with van der Waals surface area (Å²) in [6.45, 7) is 22.9. The summed E-state index contributed by atoms with van der Waals surface area (Å²) in [5.74, 6) is 0.877. The first kappa shape index (κ1) is 25.1. The lowest BCUT2D eigenvalue weighted by Gasteiger charge is -2.38. The molecule has 1 aliphatic carbocycles. The van der Waals surface area contributed by atoms with E-state index in [1.165, 1.54) is 16.7 Å². The van der Waals surface area contributed by atoms with Gasteiger partial charge < -0.3 is 14.6 Å². The number of aryl methyl sites for hydroxylation is 1. The first-order valence-electron chi connectivity index (χ1n) is 11.9. The molecule has 0 aromatic heterocycles. The minimum Gasteiger partial charge on any atom is -0.543 e. The van der Waals surface area contributed by atoms with Gasteiger partial charge in [0, 0.05) is 17.3 Å². The molecule has 1 aliphatic rings. The first-order valence-corrected chi connectivity index (χ1v) is 17.7. The summed E-state index contributed by atoms with van der Waals surface area (Å²) in [6.07, 6.45) is 2.35. The molecule has 0 saturated heterocycles. The Morgan fingerprint density at radius 3 is 2.03 bits per heavy atom. The average molecular weight is 470 g/mol. The van der Waals surface area contributed by atoms with E-state index >= 15 is 0 Å². The quantitative estimate of drug-likeness (QED) is 0.353. The Morgan fingerprint density at radius 2 is 1.47 bits per heavy atom. The molecule has 2 aromatic rings. The largest absolute Gasteiger partial charge is 0.543 e. The van der Waals surface area contributed by atoms with Crippen LogP contribution in [0.4, 0.5) is 5.69 Å². The highest BCUT2D eigenvalue weighted by Crippen LogP contribution is 2.45. The molecule has 0 radical (unpaired) electrons. The van der Waals surface area contributed by atoms with E-state index in [2.05, 4.69) is 98.1 Å². The smallest absolute Gasteiger partial charge is 0.250 e. The highest BCUT2D eigenvalue weighted by atomic mass is 28.4. The van der Waals surface area contributed by atoms with Gasteiger partial charge in [-0.15, -0.1) is 0 Å². The number of rotatable bonds is 5. The minimum absolute atomic E-state index is 0.156. The lowest BCUT2D eigenvalue weighted by Crippen LogP contribution is -2.43. The van der Waals surface area contributed by atoms with E-state index in [0.29, 0.717) is 0 Å². The molecule has 0 saturated carbocycles. The summed E-state index contributed by atoms with van der Waals surface area (Å²) in [4.78, 5) is 0. The highest BCUT2D eigenvalue weighted by molar-refractivity contribution is 6.75. The third-order valence-electron chi connectivity index (χ3n) is 7.92. The van der Waals surface area contributed by atoms with Gasteiger partial charge in [0.2, 0.25) is 8.32 Å². The van der Waals surface area contributed by atoms with Crippen molar-refractivity contribution in [1.29, 1.82) is 0 Å². The van der Waals surface area contributed by atoms with Crippen LogP contribution >= 0.6 is 0 Å². The van der Waals surface area contributed by atoms with Gasteiger partial charge in [0.15, 0.2) is 8.32 Å². The van der Waals surface area contributed by atoms with Crippen molar-refractivity contribution in [2.75, 3.05) is 5.73 Å². The maximum atomic E-state index is 6.75. The van der Waals surface area contributed by atoms with E-state index < -0.39 is 16.6 Å². The van der Waals surface area contributed by atoms with Crippen molar-refractivity contribution in [1.82, 2.24) is 0 Å². The van der Waals surface area contributed by atoms with Crippen LogP contribution in [-0.4, -0.2) is 16.6 Å². The molecular formula is C27H43NO2Si2. The van der Waals surface area contributed by atoms with Crippen LogP contribution < -0.4 is 10.2 Å². The van der Waals surface area contributed by atoms with Crippen molar-refractivity contribution < 1.29 is 8.85 Å². The fourth-order valence-electron chi connectivity index (χ4n) is 3.72. The third-order valence-corrected chi connectivity index (χ3v) is 16.8.